The maximum absolute atomic E-state index is 13.5. The molecule has 0 aromatic heterocycles. The number of benzene rings is 1. The maximum atomic E-state index is 13.5. The molecule has 0 saturated carbocycles. The SMILES string of the molecule is C=CC=C.CNC1CC(C(=O)NCC=O)N(C(=O)c2ccc(F)c(BO)c2)C1. The lowest BCUT2D eigenvalue weighted by molar-refractivity contribution is -0.125. The molecule has 2 amide bonds. The molecule has 1 heterocycles. The van der Waals surface area contributed by atoms with E-state index in [2.05, 4.69) is 23.8 Å². The van der Waals surface area contributed by atoms with Crippen molar-refractivity contribution >= 4 is 31.0 Å². The van der Waals surface area contributed by atoms with Crippen molar-refractivity contribution in [3.05, 3.63) is 54.9 Å². The van der Waals surface area contributed by atoms with Gasteiger partial charge in [0.25, 0.3) is 5.91 Å². The number of carbonyl (C=O) groups is 3. The van der Waals surface area contributed by atoms with Crippen LogP contribution in [0.4, 0.5) is 4.39 Å². The summed E-state index contributed by atoms with van der Waals surface area (Å²) >= 11 is 0. The molecule has 0 aliphatic carbocycles. The van der Waals surface area contributed by atoms with Crippen LogP contribution in [0.25, 0.3) is 0 Å². The van der Waals surface area contributed by atoms with Gasteiger partial charge in [0.15, 0.2) is 0 Å². The largest absolute Gasteiger partial charge is 0.449 e. The topological polar surface area (TPSA) is 98.7 Å². The Labute approximate surface area is 164 Å². The van der Waals surface area contributed by atoms with Gasteiger partial charge in [0, 0.05) is 18.2 Å². The maximum Gasteiger partial charge on any atom is 0.307 e. The second-order valence-corrected chi connectivity index (χ2v) is 6.04. The number of hydrogen-bond donors (Lipinski definition) is 3. The summed E-state index contributed by atoms with van der Waals surface area (Å²) in [6, 6.07) is 2.96. The number of likely N-dealkylation sites (tertiary alicyclic amines) is 1. The van der Waals surface area contributed by atoms with Gasteiger partial charge in [-0.05, 0) is 37.1 Å². The van der Waals surface area contributed by atoms with E-state index in [1.165, 1.54) is 17.0 Å². The first kappa shape index (κ1) is 23.3. The average molecular weight is 389 g/mol. The Morgan fingerprint density at radius 1 is 1.39 bits per heavy atom. The van der Waals surface area contributed by atoms with E-state index < -0.39 is 31.2 Å². The van der Waals surface area contributed by atoms with Crippen LogP contribution in [-0.2, 0) is 9.59 Å². The number of carbonyl (C=O) groups excluding carboxylic acids is 3. The minimum atomic E-state index is -0.711. The number of allylic oxidation sites excluding steroid dienone is 2. The van der Waals surface area contributed by atoms with E-state index in [1.807, 2.05) is 0 Å². The van der Waals surface area contributed by atoms with Crippen molar-refractivity contribution in [2.24, 2.45) is 0 Å². The number of rotatable bonds is 7. The molecule has 2 rings (SSSR count). The lowest BCUT2D eigenvalue weighted by Gasteiger charge is -2.23. The molecule has 1 aromatic rings. The highest BCUT2D eigenvalue weighted by Gasteiger charge is 2.39. The van der Waals surface area contributed by atoms with Crippen LogP contribution in [0.1, 0.15) is 16.8 Å². The molecule has 1 aromatic carbocycles. The van der Waals surface area contributed by atoms with Crippen LogP contribution >= 0.6 is 0 Å². The summed E-state index contributed by atoms with van der Waals surface area (Å²) in [5.41, 5.74) is 0.220. The van der Waals surface area contributed by atoms with E-state index in [1.54, 1.807) is 19.2 Å². The Hall–Kier alpha value is -2.78. The van der Waals surface area contributed by atoms with E-state index in [0.29, 0.717) is 19.3 Å². The van der Waals surface area contributed by atoms with Gasteiger partial charge in [-0.2, -0.15) is 0 Å². The molecule has 1 aliphatic heterocycles. The zero-order chi connectivity index (χ0) is 21.1. The average Bonchev–Trinajstić information content (AvgIpc) is 3.16. The number of hydrogen-bond acceptors (Lipinski definition) is 5. The molecule has 9 heteroatoms. The van der Waals surface area contributed by atoms with Crippen LogP contribution in [0, 0.1) is 5.82 Å². The van der Waals surface area contributed by atoms with Gasteiger partial charge in [-0.3, -0.25) is 9.59 Å². The Bertz CT molecular complexity index is 723. The van der Waals surface area contributed by atoms with Gasteiger partial charge in [-0.15, -0.1) is 0 Å². The fourth-order valence-electron chi connectivity index (χ4n) is 2.77. The Morgan fingerprint density at radius 2 is 2.07 bits per heavy atom. The highest BCUT2D eigenvalue weighted by Crippen LogP contribution is 2.21. The van der Waals surface area contributed by atoms with Gasteiger partial charge in [0.2, 0.25) is 5.91 Å². The summed E-state index contributed by atoms with van der Waals surface area (Å²) in [6.07, 6.45) is 4.27. The quantitative estimate of drug-likeness (QED) is 0.325. The lowest BCUT2D eigenvalue weighted by Crippen LogP contribution is -2.46. The molecule has 1 saturated heterocycles. The lowest BCUT2D eigenvalue weighted by atomic mass is 9.87. The van der Waals surface area contributed by atoms with Crippen molar-refractivity contribution in [3.63, 3.8) is 0 Å². The van der Waals surface area contributed by atoms with Gasteiger partial charge in [-0.25, -0.2) is 4.39 Å². The summed E-state index contributed by atoms with van der Waals surface area (Å²) < 4.78 is 13.5. The fourth-order valence-corrected chi connectivity index (χ4v) is 2.77. The summed E-state index contributed by atoms with van der Waals surface area (Å²) in [4.78, 5) is 36.7. The first-order chi connectivity index (χ1) is 13.4. The smallest absolute Gasteiger partial charge is 0.307 e. The minimum absolute atomic E-state index is 0.0205. The van der Waals surface area contributed by atoms with Crippen LogP contribution in [0.2, 0.25) is 0 Å². The van der Waals surface area contributed by atoms with Crippen molar-refractivity contribution in [2.45, 2.75) is 18.5 Å². The highest BCUT2D eigenvalue weighted by molar-refractivity contribution is 6.45. The Balaban J connectivity index is 0.000000892. The predicted molar refractivity (Wildman–Crippen MR) is 107 cm³/mol. The first-order valence-corrected chi connectivity index (χ1v) is 8.75. The van der Waals surface area contributed by atoms with E-state index in [4.69, 9.17) is 5.02 Å². The molecule has 2 atom stereocenters. The number of nitrogens with zero attached hydrogens (tertiary/aromatic N) is 1. The zero-order valence-corrected chi connectivity index (χ0v) is 15.9. The van der Waals surface area contributed by atoms with E-state index in [9.17, 15) is 18.8 Å². The van der Waals surface area contributed by atoms with Gasteiger partial charge < -0.3 is 25.4 Å². The van der Waals surface area contributed by atoms with Gasteiger partial charge in [0.05, 0.1) is 6.54 Å². The van der Waals surface area contributed by atoms with E-state index >= 15 is 0 Å². The summed E-state index contributed by atoms with van der Waals surface area (Å²) in [6.45, 7) is 6.92. The number of likely N-dealkylation sites (N-methyl/N-ethyl adjacent to an activating group) is 1. The summed E-state index contributed by atoms with van der Waals surface area (Å²) in [5.74, 6) is -1.42. The molecule has 2 unspecified atom stereocenters. The van der Waals surface area contributed by atoms with E-state index in [-0.39, 0.29) is 23.6 Å². The third kappa shape index (κ3) is 6.14. The van der Waals surface area contributed by atoms with Crippen molar-refractivity contribution in [1.29, 1.82) is 0 Å². The number of amides is 2. The Kier molecular flexibility index (Phi) is 9.84. The second-order valence-electron chi connectivity index (χ2n) is 6.04. The molecular weight excluding hydrogens is 364 g/mol. The van der Waals surface area contributed by atoms with Crippen LogP contribution in [0.15, 0.2) is 43.5 Å². The number of halogens is 1. The molecule has 0 radical (unpaired) electrons. The second kappa shape index (κ2) is 11.8. The molecule has 7 nitrogen and oxygen atoms in total. The normalized spacial score (nSPS) is 17.8. The molecule has 28 heavy (non-hydrogen) atoms. The van der Waals surface area contributed by atoms with Crippen molar-refractivity contribution in [2.75, 3.05) is 20.1 Å². The third-order valence-electron chi connectivity index (χ3n) is 4.26. The van der Waals surface area contributed by atoms with Crippen molar-refractivity contribution in [3.8, 4) is 0 Å². The number of nitrogens with one attached hydrogen (secondary N) is 2. The van der Waals surface area contributed by atoms with Gasteiger partial charge >= 0.3 is 7.48 Å². The standard InChI is InChI=1S/C15H19BFN3O4.C4H6/c1-18-10-7-13(14(22)19-4-5-21)20(8-10)15(23)9-2-3-12(17)11(6-9)16-24;1-3-4-2/h2-3,5-6,10,13,16,18,24H,4,7-8H2,1H3,(H,19,22);3-4H,1-2H2. The third-order valence-corrected chi connectivity index (χ3v) is 4.26. The molecule has 1 aliphatic rings. The van der Waals surface area contributed by atoms with Gasteiger partial charge in [-0.1, -0.05) is 25.3 Å². The zero-order valence-electron chi connectivity index (χ0n) is 15.9. The van der Waals surface area contributed by atoms with Gasteiger partial charge in [0.1, 0.15) is 18.1 Å². The van der Waals surface area contributed by atoms with Crippen molar-refractivity contribution in [1.82, 2.24) is 15.5 Å². The Morgan fingerprint density at radius 3 is 2.61 bits per heavy atom. The highest BCUT2D eigenvalue weighted by atomic mass is 19.1. The minimum Gasteiger partial charge on any atom is -0.449 e. The molecule has 1 fully saturated rings. The first-order valence-electron chi connectivity index (χ1n) is 8.75. The fraction of sp³-hybridized carbons (Fsp3) is 0.316. The van der Waals surface area contributed by atoms with E-state index in [0.717, 1.165) is 6.07 Å². The summed E-state index contributed by atoms with van der Waals surface area (Å²) in [5, 5.41) is 14.6. The molecular formula is C19H25BFN3O4. The van der Waals surface area contributed by atoms with Crippen LogP contribution < -0.4 is 16.1 Å². The number of aldehydes is 1. The summed E-state index contributed by atoms with van der Waals surface area (Å²) in [7, 11) is 1.22. The van der Waals surface area contributed by atoms with Crippen LogP contribution in [-0.4, -0.2) is 67.7 Å². The molecule has 0 bridgehead atoms. The van der Waals surface area contributed by atoms with Crippen molar-refractivity contribution < 1.29 is 23.8 Å². The predicted octanol–water partition coefficient (Wildman–Crippen LogP) is -0.729. The monoisotopic (exact) mass is 389 g/mol. The molecule has 3 N–H and O–H groups in total. The molecule has 0 spiro atoms. The van der Waals surface area contributed by atoms with Crippen LogP contribution in [0.5, 0.6) is 0 Å². The molecule has 150 valence electrons. The van der Waals surface area contributed by atoms with Crippen LogP contribution in [0.3, 0.4) is 0 Å².